The van der Waals surface area contributed by atoms with Crippen molar-refractivity contribution < 1.29 is 9.09 Å². The van der Waals surface area contributed by atoms with Crippen LogP contribution in [0.5, 0.6) is 0 Å². The third-order valence-corrected chi connectivity index (χ3v) is 5.16. The second kappa shape index (κ2) is 5.52. The molecule has 7 heteroatoms. The number of benzene rings is 1. The normalized spacial score (nSPS) is 14.1. The first-order chi connectivity index (χ1) is 8.64. The van der Waals surface area contributed by atoms with E-state index in [2.05, 4.69) is 10.1 Å². The average molecular weight is 283 g/mol. The molecule has 18 heavy (non-hydrogen) atoms. The van der Waals surface area contributed by atoms with E-state index in [1.54, 1.807) is 37.4 Å². The van der Waals surface area contributed by atoms with E-state index in [-0.39, 0.29) is 0 Å². The monoisotopic (exact) mass is 283 g/mol. The minimum Gasteiger partial charge on any atom is -0.399 e. The van der Waals surface area contributed by atoms with Crippen LogP contribution in [-0.4, -0.2) is 11.6 Å². The van der Waals surface area contributed by atoms with Gasteiger partial charge in [-0.05, 0) is 31.2 Å². The van der Waals surface area contributed by atoms with Crippen molar-refractivity contribution in [3.05, 3.63) is 35.8 Å². The summed E-state index contributed by atoms with van der Waals surface area (Å²) < 4.78 is 18.2. The molecule has 1 unspecified atom stereocenters. The Hall–Kier alpha value is -1.36. The molecule has 0 bridgehead atoms. The Kier molecular flexibility index (Phi) is 4.01. The number of thiazole rings is 1. The fourth-order valence-corrected chi connectivity index (χ4v) is 3.93. The van der Waals surface area contributed by atoms with Gasteiger partial charge in [-0.15, -0.1) is 11.3 Å². The molecule has 96 valence electrons. The maximum Gasteiger partial charge on any atom is 0.325 e. The summed E-state index contributed by atoms with van der Waals surface area (Å²) in [6, 6.07) is 6.80. The molecule has 2 aromatic rings. The first-order valence-electron chi connectivity index (χ1n) is 5.42. The molecule has 1 heterocycles. The van der Waals surface area contributed by atoms with Crippen LogP contribution in [-0.2, 0) is 9.09 Å². The standard InChI is InChI=1S/C11H14N3O2PS/c1-2-16-17(15,14-11-13-7-8-18-11)10-5-3-9(12)4-6-10/h3-8H,2,12H2,1H3,(H,13,14,15). The number of nitrogens with zero attached hydrogens (tertiary/aromatic N) is 1. The summed E-state index contributed by atoms with van der Waals surface area (Å²) >= 11 is 1.37. The van der Waals surface area contributed by atoms with Gasteiger partial charge in [-0.1, -0.05) is 0 Å². The maximum atomic E-state index is 12.8. The molecule has 1 atom stereocenters. The van der Waals surface area contributed by atoms with Gasteiger partial charge < -0.3 is 10.3 Å². The largest absolute Gasteiger partial charge is 0.399 e. The van der Waals surface area contributed by atoms with E-state index < -0.39 is 7.52 Å². The van der Waals surface area contributed by atoms with Gasteiger partial charge in [-0.3, -0.25) is 9.65 Å². The van der Waals surface area contributed by atoms with Crippen LogP contribution in [0.1, 0.15) is 6.92 Å². The van der Waals surface area contributed by atoms with E-state index in [4.69, 9.17) is 10.3 Å². The van der Waals surface area contributed by atoms with E-state index in [1.807, 2.05) is 5.38 Å². The van der Waals surface area contributed by atoms with E-state index in [1.165, 1.54) is 11.3 Å². The zero-order valence-electron chi connectivity index (χ0n) is 9.87. The lowest BCUT2D eigenvalue weighted by Crippen LogP contribution is -2.14. The van der Waals surface area contributed by atoms with Crippen LogP contribution in [0, 0.1) is 0 Å². The quantitative estimate of drug-likeness (QED) is 0.651. The topological polar surface area (TPSA) is 77.2 Å². The Balaban J connectivity index is 2.31. The van der Waals surface area contributed by atoms with Gasteiger partial charge in [0, 0.05) is 17.3 Å². The number of hydrogen-bond acceptors (Lipinski definition) is 5. The summed E-state index contributed by atoms with van der Waals surface area (Å²) in [5, 5.41) is 5.83. The number of nitrogens with two attached hydrogens (primary N) is 1. The first kappa shape index (κ1) is 13.1. The molecule has 0 fully saturated rings. The van der Waals surface area contributed by atoms with Crippen molar-refractivity contribution in [3.8, 4) is 0 Å². The minimum absolute atomic E-state index is 0.347. The molecule has 1 aromatic carbocycles. The summed E-state index contributed by atoms with van der Waals surface area (Å²) in [5.74, 6) is 0. The highest BCUT2D eigenvalue weighted by Gasteiger charge is 2.26. The van der Waals surface area contributed by atoms with Crippen LogP contribution in [0.15, 0.2) is 35.8 Å². The molecule has 0 spiro atoms. The highest BCUT2D eigenvalue weighted by Crippen LogP contribution is 2.45. The van der Waals surface area contributed by atoms with Gasteiger partial charge in [-0.2, -0.15) is 0 Å². The van der Waals surface area contributed by atoms with Crippen LogP contribution >= 0.6 is 18.9 Å². The summed E-state index contributed by atoms with van der Waals surface area (Å²) in [5.41, 5.74) is 6.24. The van der Waals surface area contributed by atoms with Gasteiger partial charge in [0.1, 0.15) is 0 Å². The smallest absolute Gasteiger partial charge is 0.325 e. The first-order valence-corrected chi connectivity index (χ1v) is 7.93. The SMILES string of the molecule is CCOP(=O)(Nc1nccs1)c1ccc(N)cc1. The highest BCUT2D eigenvalue weighted by atomic mass is 32.1. The van der Waals surface area contributed by atoms with Crippen LogP contribution in [0.4, 0.5) is 10.8 Å². The number of nitrogens with one attached hydrogen (secondary N) is 1. The van der Waals surface area contributed by atoms with Gasteiger partial charge in [0.15, 0.2) is 5.13 Å². The fraction of sp³-hybridized carbons (Fsp3) is 0.182. The number of nitrogen functional groups attached to an aromatic ring is 1. The molecular weight excluding hydrogens is 269 g/mol. The molecule has 0 aliphatic heterocycles. The molecule has 1 aromatic heterocycles. The Bertz CT molecular complexity index is 542. The highest BCUT2D eigenvalue weighted by molar-refractivity contribution is 7.68. The lowest BCUT2D eigenvalue weighted by Gasteiger charge is -2.18. The zero-order chi connectivity index (χ0) is 13.0. The van der Waals surface area contributed by atoms with Gasteiger partial charge in [-0.25, -0.2) is 4.98 Å². The zero-order valence-corrected chi connectivity index (χ0v) is 11.6. The van der Waals surface area contributed by atoms with Crippen LogP contribution in [0.2, 0.25) is 0 Å². The molecule has 0 radical (unpaired) electrons. The number of hydrogen-bond donors (Lipinski definition) is 2. The molecule has 0 aliphatic carbocycles. The third kappa shape index (κ3) is 2.90. The van der Waals surface area contributed by atoms with Crippen molar-refractivity contribution in [1.29, 1.82) is 0 Å². The summed E-state index contributed by atoms with van der Waals surface area (Å²) in [7, 11) is -3.14. The second-order valence-electron chi connectivity index (χ2n) is 3.51. The van der Waals surface area contributed by atoms with Crippen molar-refractivity contribution in [2.24, 2.45) is 0 Å². The van der Waals surface area contributed by atoms with E-state index >= 15 is 0 Å². The third-order valence-electron chi connectivity index (χ3n) is 2.22. The lowest BCUT2D eigenvalue weighted by molar-refractivity contribution is 0.344. The Morgan fingerprint density at radius 2 is 2.17 bits per heavy atom. The van der Waals surface area contributed by atoms with Crippen molar-refractivity contribution >= 4 is 35.0 Å². The molecule has 5 nitrogen and oxygen atoms in total. The summed E-state index contributed by atoms with van der Waals surface area (Å²) in [6.07, 6.45) is 1.65. The lowest BCUT2D eigenvalue weighted by atomic mass is 10.3. The van der Waals surface area contributed by atoms with Crippen molar-refractivity contribution in [2.45, 2.75) is 6.92 Å². The maximum absolute atomic E-state index is 12.8. The van der Waals surface area contributed by atoms with Gasteiger partial charge in [0.2, 0.25) is 0 Å². The van der Waals surface area contributed by atoms with E-state index in [0.717, 1.165) is 0 Å². The van der Waals surface area contributed by atoms with E-state index in [0.29, 0.717) is 22.7 Å². The number of rotatable bonds is 5. The number of aromatic nitrogens is 1. The summed E-state index contributed by atoms with van der Waals surface area (Å²) in [6.45, 7) is 2.15. The van der Waals surface area contributed by atoms with Crippen molar-refractivity contribution in [3.63, 3.8) is 0 Å². The average Bonchev–Trinajstić information content (AvgIpc) is 2.82. The van der Waals surface area contributed by atoms with Gasteiger partial charge >= 0.3 is 7.52 Å². The number of anilines is 2. The molecular formula is C11H14N3O2PS. The Morgan fingerprint density at radius 3 is 2.72 bits per heavy atom. The summed E-state index contributed by atoms with van der Waals surface area (Å²) in [4.78, 5) is 4.06. The molecule has 0 saturated heterocycles. The molecule has 0 saturated carbocycles. The van der Waals surface area contributed by atoms with Crippen molar-refractivity contribution in [1.82, 2.24) is 4.98 Å². The van der Waals surface area contributed by atoms with Crippen LogP contribution in [0.3, 0.4) is 0 Å². The predicted octanol–water partition coefficient (Wildman–Crippen LogP) is 2.69. The second-order valence-corrected chi connectivity index (χ2v) is 6.51. The van der Waals surface area contributed by atoms with Gasteiger partial charge in [0.05, 0.1) is 11.9 Å². The Labute approximate surface area is 110 Å². The van der Waals surface area contributed by atoms with E-state index in [9.17, 15) is 4.57 Å². The minimum atomic E-state index is -3.14. The molecule has 3 N–H and O–H groups in total. The molecule has 0 aliphatic rings. The van der Waals surface area contributed by atoms with Crippen LogP contribution in [0.25, 0.3) is 0 Å². The van der Waals surface area contributed by atoms with Crippen molar-refractivity contribution in [2.75, 3.05) is 17.4 Å². The molecule has 0 amide bonds. The van der Waals surface area contributed by atoms with Gasteiger partial charge in [0.25, 0.3) is 0 Å². The fourth-order valence-electron chi connectivity index (χ4n) is 1.43. The Morgan fingerprint density at radius 1 is 1.44 bits per heavy atom. The van der Waals surface area contributed by atoms with Crippen LogP contribution < -0.4 is 16.1 Å². The molecule has 2 rings (SSSR count). The predicted molar refractivity (Wildman–Crippen MR) is 75.5 cm³/mol.